The lowest BCUT2D eigenvalue weighted by Crippen LogP contribution is -2.36. The number of halogens is 2. The number of hydrogen-bond acceptors (Lipinski definition) is 2. The van der Waals surface area contributed by atoms with Crippen molar-refractivity contribution in [1.82, 2.24) is 15.1 Å². The summed E-state index contributed by atoms with van der Waals surface area (Å²) in [4.78, 5) is 0. The normalized spacial score (nSPS) is 21.6. The van der Waals surface area contributed by atoms with Crippen molar-refractivity contribution in [2.24, 2.45) is 5.92 Å². The van der Waals surface area contributed by atoms with Crippen LogP contribution in [0.4, 0.5) is 4.39 Å². The van der Waals surface area contributed by atoms with E-state index in [0.717, 1.165) is 50.3 Å². The van der Waals surface area contributed by atoms with Crippen molar-refractivity contribution in [3.8, 4) is 0 Å². The third-order valence-electron chi connectivity index (χ3n) is 3.93. The van der Waals surface area contributed by atoms with Crippen LogP contribution in [0, 0.1) is 5.92 Å². The molecular weight excluding hydrogens is 265 g/mol. The molecule has 0 aromatic carbocycles. The van der Waals surface area contributed by atoms with Gasteiger partial charge in [0.15, 0.2) is 0 Å². The first-order valence-electron chi connectivity index (χ1n) is 7.26. The molecule has 19 heavy (non-hydrogen) atoms. The zero-order valence-electron chi connectivity index (χ0n) is 11.8. The number of hydrogen-bond donors (Lipinski definition) is 1. The molecule has 1 aliphatic heterocycles. The molecule has 1 N–H and O–H groups in total. The zero-order valence-corrected chi connectivity index (χ0v) is 12.5. The van der Waals surface area contributed by atoms with Crippen molar-refractivity contribution < 1.29 is 4.39 Å². The Balaban J connectivity index is 2.10. The summed E-state index contributed by atoms with van der Waals surface area (Å²) >= 11 is 6.33. The maximum absolute atomic E-state index is 14.4. The summed E-state index contributed by atoms with van der Waals surface area (Å²) in [7, 11) is 0. The quantitative estimate of drug-likeness (QED) is 0.902. The topological polar surface area (TPSA) is 29.9 Å². The first-order chi connectivity index (χ1) is 9.17. The van der Waals surface area contributed by atoms with Crippen LogP contribution in [0.1, 0.15) is 38.1 Å². The monoisotopic (exact) mass is 287 g/mol. The van der Waals surface area contributed by atoms with E-state index in [1.54, 1.807) is 0 Å². The van der Waals surface area contributed by atoms with Crippen LogP contribution in [0.5, 0.6) is 0 Å². The Morgan fingerprint density at radius 2 is 2.32 bits per heavy atom. The number of aromatic nitrogens is 2. The van der Waals surface area contributed by atoms with Crippen molar-refractivity contribution in [2.45, 2.75) is 52.2 Å². The molecule has 5 heteroatoms. The fraction of sp³-hybridized carbons (Fsp3) is 0.786. The molecule has 0 saturated carbocycles. The molecule has 108 valence electrons. The third-order valence-corrected chi connectivity index (χ3v) is 4.37. The minimum absolute atomic E-state index is 0.107. The van der Waals surface area contributed by atoms with E-state index >= 15 is 0 Å². The summed E-state index contributed by atoms with van der Waals surface area (Å²) in [6.07, 6.45) is 2.36. The van der Waals surface area contributed by atoms with Gasteiger partial charge in [0.2, 0.25) is 0 Å². The zero-order chi connectivity index (χ0) is 13.8. The number of nitrogens with zero attached hydrogens (tertiary/aromatic N) is 2. The second kappa shape index (κ2) is 6.71. The number of nitrogens with one attached hydrogen (secondary N) is 1. The molecule has 2 atom stereocenters. The third kappa shape index (κ3) is 3.29. The van der Waals surface area contributed by atoms with Crippen LogP contribution in [-0.2, 0) is 19.4 Å². The van der Waals surface area contributed by atoms with E-state index in [2.05, 4.69) is 10.4 Å². The van der Waals surface area contributed by atoms with Gasteiger partial charge in [0.25, 0.3) is 0 Å². The highest BCUT2D eigenvalue weighted by Gasteiger charge is 2.26. The van der Waals surface area contributed by atoms with E-state index < -0.39 is 6.17 Å². The standard InChI is InChI=1S/C14H23ClFN3/c1-3-12-14(15)13(19(4-2)18-12)8-11(16)10-6-5-7-17-9-10/h10-11,17H,3-9H2,1-2H3. The van der Waals surface area contributed by atoms with Crippen molar-refractivity contribution in [2.75, 3.05) is 13.1 Å². The summed E-state index contributed by atoms with van der Waals surface area (Å²) < 4.78 is 16.3. The molecule has 0 bridgehead atoms. The van der Waals surface area contributed by atoms with Crippen LogP contribution in [0.15, 0.2) is 0 Å². The molecule has 1 aliphatic rings. The average Bonchev–Trinajstić information content (AvgIpc) is 2.76. The molecule has 1 aromatic rings. The van der Waals surface area contributed by atoms with E-state index in [1.165, 1.54) is 0 Å². The SMILES string of the molecule is CCc1nn(CC)c(CC(F)C2CCCNC2)c1Cl. The molecule has 2 unspecified atom stereocenters. The summed E-state index contributed by atoms with van der Waals surface area (Å²) in [5, 5.41) is 8.38. The predicted molar refractivity (Wildman–Crippen MR) is 76.5 cm³/mol. The fourth-order valence-electron chi connectivity index (χ4n) is 2.75. The van der Waals surface area contributed by atoms with Gasteiger partial charge in [-0.25, -0.2) is 4.39 Å². The van der Waals surface area contributed by atoms with Gasteiger partial charge in [-0.15, -0.1) is 0 Å². The lowest BCUT2D eigenvalue weighted by Gasteiger charge is -2.26. The second-order valence-electron chi connectivity index (χ2n) is 5.20. The maximum Gasteiger partial charge on any atom is 0.110 e. The van der Waals surface area contributed by atoms with Crippen molar-refractivity contribution in [3.63, 3.8) is 0 Å². The van der Waals surface area contributed by atoms with Crippen LogP contribution in [0.2, 0.25) is 5.02 Å². The first-order valence-corrected chi connectivity index (χ1v) is 7.64. The Morgan fingerprint density at radius 1 is 1.53 bits per heavy atom. The van der Waals surface area contributed by atoms with Crippen LogP contribution in [-0.4, -0.2) is 29.0 Å². The van der Waals surface area contributed by atoms with Crippen LogP contribution >= 0.6 is 11.6 Å². The summed E-state index contributed by atoms with van der Waals surface area (Å²) in [6, 6.07) is 0. The van der Waals surface area contributed by atoms with Crippen molar-refractivity contribution in [3.05, 3.63) is 16.4 Å². The maximum atomic E-state index is 14.4. The molecule has 1 saturated heterocycles. The van der Waals surface area contributed by atoms with Crippen molar-refractivity contribution in [1.29, 1.82) is 0 Å². The van der Waals surface area contributed by atoms with Gasteiger partial charge in [-0.3, -0.25) is 4.68 Å². The van der Waals surface area contributed by atoms with Crippen LogP contribution < -0.4 is 5.32 Å². The largest absolute Gasteiger partial charge is 0.316 e. The van der Waals surface area contributed by atoms with Crippen molar-refractivity contribution >= 4 is 11.6 Å². The molecule has 1 aromatic heterocycles. The van der Waals surface area contributed by atoms with E-state index in [1.807, 2.05) is 18.5 Å². The Morgan fingerprint density at radius 3 is 2.89 bits per heavy atom. The Labute approximate surface area is 119 Å². The van der Waals surface area contributed by atoms with Gasteiger partial charge < -0.3 is 5.32 Å². The van der Waals surface area contributed by atoms with Gasteiger partial charge >= 0.3 is 0 Å². The van der Waals surface area contributed by atoms with Gasteiger partial charge in [-0.05, 0) is 32.7 Å². The minimum atomic E-state index is -0.836. The molecule has 0 aliphatic carbocycles. The van der Waals surface area contributed by atoms with Gasteiger partial charge in [-0.1, -0.05) is 18.5 Å². The molecule has 2 rings (SSSR count). The predicted octanol–water partition coefficient (Wildman–Crippen LogP) is 3.00. The number of aryl methyl sites for hydroxylation is 2. The Kier molecular flexibility index (Phi) is 5.22. The highest BCUT2D eigenvalue weighted by molar-refractivity contribution is 6.31. The smallest absolute Gasteiger partial charge is 0.110 e. The molecule has 0 amide bonds. The summed E-state index contributed by atoms with van der Waals surface area (Å²) in [5.41, 5.74) is 1.74. The molecule has 1 fully saturated rings. The van der Waals surface area contributed by atoms with Crippen LogP contribution in [0.25, 0.3) is 0 Å². The number of rotatable bonds is 5. The lowest BCUT2D eigenvalue weighted by atomic mass is 9.92. The highest BCUT2D eigenvalue weighted by atomic mass is 35.5. The second-order valence-corrected chi connectivity index (χ2v) is 5.58. The van der Waals surface area contributed by atoms with E-state index in [9.17, 15) is 4.39 Å². The lowest BCUT2D eigenvalue weighted by molar-refractivity contribution is 0.188. The molecule has 3 nitrogen and oxygen atoms in total. The summed E-state index contributed by atoms with van der Waals surface area (Å²) in [5.74, 6) is 0.107. The number of alkyl halides is 1. The van der Waals surface area contributed by atoms with Crippen LogP contribution in [0.3, 0.4) is 0 Å². The van der Waals surface area contributed by atoms with E-state index in [-0.39, 0.29) is 5.92 Å². The Bertz CT molecular complexity index is 413. The molecule has 0 spiro atoms. The Hall–Kier alpha value is -0.610. The molecule has 2 heterocycles. The van der Waals surface area contributed by atoms with E-state index in [0.29, 0.717) is 11.4 Å². The van der Waals surface area contributed by atoms with E-state index in [4.69, 9.17) is 11.6 Å². The minimum Gasteiger partial charge on any atom is -0.316 e. The highest BCUT2D eigenvalue weighted by Crippen LogP contribution is 2.27. The number of piperidine rings is 1. The van der Waals surface area contributed by atoms with Gasteiger partial charge in [-0.2, -0.15) is 5.10 Å². The average molecular weight is 288 g/mol. The van der Waals surface area contributed by atoms with Gasteiger partial charge in [0, 0.05) is 25.4 Å². The first kappa shape index (κ1) is 14.8. The fourth-order valence-corrected chi connectivity index (χ4v) is 3.10. The van der Waals surface area contributed by atoms with Gasteiger partial charge in [0.1, 0.15) is 6.17 Å². The molecular formula is C14H23ClFN3. The molecule has 0 radical (unpaired) electrons. The van der Waals surface area contributed by atoms with Gasteiger partial charge in [0.05, 0.1) is 16.4 Å². The summed E-state index contributed by atoms with van der Waals surface area (Å²) in [6.45, 7) is 6.57.